The molecule has 0 radical (unpaired) electrons. The number of rotatable bonds is 42. The van der Waals surface area contributed by atoms with Crippen molar-refractivity contribution in [2.24, 2.45) is 34.5 Å². The zero-order valence-corrected chi connectivity index (χ0v) is 74.7. The third kappa shape index (κ3) is 33.7. The Morgan fingerprint density at radius 3 is 1.12 bits per heavy atom. The van der Waals surface area contributed by atoms with Gasteiger partial charge in [0.05, 0.1) is 84.3 Å². The predicted molar refractivity (Wildman–Crippen MR) is 441 cm³/mol. The zero-order chi connectivity index (χ0) is 96.2. The molecule has 128 heavy (non-hydrogen) atoms. The molecule has 42 nitrogen and oxygen atoms in total. The second-order valence-corrected chi connectivity index (χ2v) is 37.3. The molecule has 14 atom stereocenters. The summed E-state index contributed by atoms with van der Waals surface area (Å²) in [6, 6.07) is 6.07. The Labute approximate surface area is 738 Å². The highest BCUT2D eigenvalue weighted by molar-refractivity contribution is 7.86. The number of hydrogen-bond donors (Lipinski definition) is 10. The average Bonchev–Trinajstić information content (AvgIpc) is 1.61. The van der Waals surface area contributed by atoms with Crippen LogP contribution in [0.4, 0.5) is 0 Å². The number of amides is 6. The molecule has 10 N–H and O–H groups in total. The number of Topliss-reactive ketones (excluding diaryl/α,β-unsaturated/α-hetero) is 4. The topological polar surface area (TPSA) is 632 Å². The number of carbonyl (C=O) groups excluding carboxylic acids is 16. The smallest absolute Gasteiger partial charge is 0.373 e. The fraction of sp³-hybridized carbons (Fsp3) is 0.595. The maximum absolute atomic E-state index is 13.6. The van der Waals surface area contributed by atoms with Gasteiger partial charge in [0.2, 0.25) is 11.8 Å². The van der Waals surface area contributed by atoms with Crippen LogP contribution >= 0.6 is 0 Å². The highest BCUT2D eigenvalue weighted by atomic mass is 32.2. The number of aliphatic hydroxyl groups is 6. The van der Waals surface area contributed by atoms with Gasteiger partial charge in [-0.15, -0.1) is 10.2 Å². The van der Waals surface area contributed by atoms with E-state index in [0.717, 1.165) is 34.1 Å². The number of nitrogens with zero attached hydrogens (tertiary/aromatic N) is 8. The van der Waals surface area contributed by atoms with Crippen LogP contribution in [0, 0.1) is 34.5 Å². The van der Waals surface area contributed by atoms with Gasteiger partial charge in [-0.2, -0.15) is 36.0 Å². The number of nitrogens with one attached hydrogen (secondary N) is 2. The van der Waals surface area contributed by atoms with E-state index in [1.807, 2.05) is 0 Å². The lowest BCUT2D eigenvalue weighted by Crippen LogP contribution is -2.52. The number of aryl methyl sites for hydroxylation is 4. The number of hydrogen-bond acceptors (Lipinski definition) is 34. The van der Waals surface area contributed by atoms with Gasteiger partial charge in [-0.25, -0.2) is 0 Å². The van der Waals surface area contributed by atoms with E-state index in [0.29, 0.717) is 46.2 Å². The molecule has 0 saturated carbocycles. The van der Waals surface area contributed by atoms with E-state index >= 15 is 0 Å². The Hall–Kier alpha value is -10.7. The molecule has 0 aliphatic carbocycles. The van der Waals surface area contributed by atoms with Crippen LogP contribution in [-0.2, 0) is 168 Å². The lowest BCUT2D eigenvalue weighted by atomic mass is 9.87. The second kappa shape index (κ2) is 49.2. The Bertz CT molecular complexity index is 4620. The first-order chi connectivity index (χ1) is 59.7. The van der Waals surface area contributed by atoms with Gasteiger partial charge in [-0.1, -0.05) is 74.5 Å². The van der Waals surface area contributed by atoms with Crippen molar-refractivity contribution >= 4 is 103 Å². The van der Waals surface area contributed by atoms with Crippen molar-refractivity contribution in [2.75, 3.05) is 24.7 Å². The molecule has 2 aromatic carbocycles. The van der Waals surface area contributed by atoms with Gasteiger partial charge in [0.25, 0.3) is 43.9 Å². The van der Waals surface area contributed by atoms with Gasteiger partial charge in [-0.05, 0) is 139 Å². The third-order valence-electron chi connectivity index (χ3n) is 21.2. The lowest BCUT2D eigenvalue weighted by molar-refractivity contribution is -0.193. The number of ether oxygens (including phenoxy) is 4. The summed E-state index contributed by atoms with van der Waals surface area (Å²) in [7, 11) is -8.44. The fourth-order valence-corrected chi connectivity index (χ4v) is 14.8. The van der Waals surface area contributed by atoms with Crippen molar-refractivity contribution < 1.29 is 152 Å². The van der Waals surface area contributed by atoms with Gasteiger partial charge in [0, 0.05) is 87.8 Å². The molecule has 0 spiro atoms. The summed E-state index contributed by atoms with van der Waals surface area (Å²) in [6.07, 6.45) is -2.53. The molecule has 2 saturated heterocycles. The minimum absolute atomic E-state index is 0.00823. The number of aromatic nitrogens is 6. The predicted octanol–water partition coefficient (Wildman–Crippen LogP) is 0.760. The summed E-state index contributed by atoms with van der Waals surface area (Å²) in [5.41, 5.74) is 2.55. The van der Waals surface area contributed by atoms with Crippen molar-refractivity contribution in [3.63, 3.8) is 0 Å². The maximum atomic E-state index is 13.6. The van der Waals surface area contributed by atoms with Crippen LogP contribution in [0.2, 0.25) is 0 Å². The largest absolute Gasteiger partial charge is 0.460 e. The Morgan fingerprint density at radius 2 is 0.820 bits per heavy atom. The van der Waals surface area contributed by atoms with E-state index in [9.17, 15) is 105 Å². The summed E-state index contributed by atoms with van der Waals surface area (Å²) in [4.78, 5) is 192. The van der Waals surface area contributed by atoms with E-state index in [2.05, 4.69) is 31.3 Å². The molecular formula is C84H114N10O32S2. The number of aliphatic hydroxyl groups excluding tert-OH is 6. The summed E-state index contributed by atoms with van der Waals surface area (Å²) in [6.45, 7) is 20.0. The summed E-state index contributed by atoms with van der Waals surface area (Å²) < 4.78 is 87.3. The third-order valence-corrected chi connectivity index (χ3v) is 22.8. The van der Waals surface area contributed by atoms with E-state index < -0.39 is 199 Å². The fourth-order valence-electron chi connectivity index (χ4n) is 13.8. The van der Waals surface area contributed by atoms with Crippen molar-refractivity contribution in [1.82, 2.24) is 50.4 Å². The molecule has 6 amide bonds. The van der Waals surface area contributed by atoms with E-state index in [4.69, 9.17) is 47.2 Å². The molecule has 2 fully saturated rings. The zero-order valence-electron chi connectivity index (χ0n) is 73.1. The highest BCUT2D eigenvalue weighted by Gasteiger charge is 2.42. The molecule has 6 heterocycles. The first-order valence-electron chi connectivity index (χ1n) is 41.1. The Kier molecular flexibility index (Phi) is 41.4. The van der Waals surface area contributed by atoms with Gasteiger partial charge >= 0.3 is 24.2 Å². The van der Waals surface area contributed by atoms with Gasteiger partial charge < -0.3 is 60.2 Å². The Morgan fingerprint density at radius 1 is 0.500 bits per heavy atom. The molecule has 0 bridgehead atoms. The van der Waals surface area contributed by atoms with Gasteiger partial charge in [0.15, 0.2) is 11.6 Å². The molecule has 4 aromatic rings. The number of imide groups is 2. The lowest BCUT2D eigenvalue weighted by Gasteiger charge is -2.35. The number of benzene rings is 2. The van der Waals surface area contributed by atoms with Crippen LogP contribution in [0.5, 0.6) is 0 Å². The summed E-state index contributed by atoms with van der Waals surface area (Å²) >= 11 is 0. The van der Waals surface area contributed by atoms with E-state index in [-0.39, 0.29) is 138 Å². The molecule has 8 rings (SSSR count). The monoisotopic (exact) mass is 1840 g/mol. The van der Waals surface area contributed by atoms with Crippen LogP contribution in [-0.4, -0.2) is 265 Å². The van der Waals surface area contributed by atoms with Crippen molar-refractivity contribution in [3.8, 4) is 0 Å². The minimum atomic E-state index is -4.22. The van der Waals surface area contributed by atoms with Crippen LogP contribution < -0.4 is 10.6 Å². The molecule has 2 aromatic heterocycles. The summed E-state index contributed by atoms with van der Waals surface area (Å²) in [5.74, 6) is -9.95. The van der Waals surface area contributed by atoms with E-state index in [1.165, 1.54) is 35.6 Å². The second-order valence-electron chi connectivity index (χ2n) is 34.2. The highest BCUT2D eigenvalue weighted by Crippen LogP contribution is 2.33. The molecule has 44 heteroatoms. The van der Waals surface area contributed by atoms with Crippen molar-refractivity contribution in [1.29, 1.82) is 0 Å². The number of ketones is 4. The normalized spacial score (nSPS) is 20.2. The standard InChI is InChI=1S/2C41H57N5O14S.2CO2/c2*1-23(2)29(18-28(47)19-31(46-35(50)12-13-36(46)51)30-20-45(44-43-30)14-7-15-61(56,57)58)39(54)42-24(3)32(48)17-25-8-9-27(21-60-40(55)41(4,5)6)26(16-25)10-11-34-38(53)37(52)33(49)22-59-34;2*2-1-3/h2*8-9,12-13,16,20,23-24,29,31,33-34,37-38,49,52-53H,7,10-11,14-15,17-19,21-22H2,1-6H3,(H,42,54)(H,56,57,58);;/t24-,29-,31+,33+,34-,37-,38-;24-,29-,31-,33+,34-,37-,38-;;/m00../s1. The van der Waals surface area contributed by atoms with Crippen LogP contribution in [0.3, 0.4) is 0 Å². The molecule has 704 valence electrons. The van der Waals surface area contributed by atoms with Gasteiger partial charge in [-0.3, -0.25) is 85.8 Å². The van der Waals surface area contributed by atoms with Crippen molar-refractivity contribution in [3.05, 3.63) is 118 Å². The maximum Gasteiger partial charge on any atom is 0.373 e. The Balaban J connectivity index is 0.000000427. The first-order valence-corrected chi connectivity index (χ1v) is 44.3. The molecule has 4 aliphatic heterocycles. The molecule has 0 unspecified atom stereocenters. The summed E-state index contributed by atoms with van der Waals surface area (Å²) in [5, 5.41) is 82.3. The van der Waals surface area contributed by atoms with Crippen LogP contribution in [0.15, 0.2) is 73.1 Å². The average molecular weight is 1840 g/mol. The molecule has 4 aliphatic rings. The van der Waals surface area contributed by atoms with Crippen LogP contribution in [0.1, 0.15) is 191 Å². The molecular weight excluding hydrogens is 1730 g/mol. The van der Waals surface area contributed by atoms with Crippen LogP contribution in [0.25, 0.3) is 0 Å². The first kappa shape index (κ1) is 108. The van der Waals surface area contributed by atoms with Crippen molar-refractivity contribution in [2.45, 2.75) is 259 Å². The van der Waals surface area contributed by atoms with Gasteiger partial charge in [0.1, 0.15) is 72.8 Å². The quantitative estimate of drug-likeness (QED) is 0.0166. The minimum Gasteiger partial charge on any atom is -0.460 e. The SMILES string of the molecule is CC(C)[C@H](CC(=O)C[C@@H](c1cn(CCCS(=O)(=O)O)nn1)N1C(=O)C=CC1=O)C(=O)N[C@@H](C)C(=O)Cc1ccc(COC(=O)C(C)(C)C)c(CC[C@@H]2OC[C@@H](O)[C@H](O)[C@H]2O)c1.CC(C)[C@H](CC(=O)C[C@H](c1cn(CCCS(=O)(=O)O)nn1)N1C(=O)C=CC1=O)C(=O)N[C@@H](C)C(=O)Cc1ccc(COC(=O)C(C)(C)C)c(CC[C@@H]2OC[C@@H](O)[C@H](O)[C@H]2O)c1.O=C=O.O=C=O. The number of carbonyl (C=O) groups is 12. The van der Waals surface area contributed by atoms with E-state index in [1.54, 1.807) is 106 Å². The number of esters is 2.